The van der Waals surface area contributed by atoms with Crippen LogP contribution in [-0.2, 0) is 16.6 Å². The van der Waals surface area contributed by atoms with Crippen molar-refractivity contribution in [2.45, 2.75) is 11.4 Å². The van der Waals surface area contributed by atoms with Crippen LogP contribution in [0, 0.1) is 0 Å². The number of anilines is 1. The van der Waals surface area contributed by atoms with Crippen LogP contribution in [0.4, 0.5) is 5.82 Å². The van der Waals surface area contributed by atoms with Crippen molar-refractivity contribution >= 4 is 31.8 Å². The number of hydrogen-bond acceptors (Lipinski definition) is 3. The first-order chi connectivity index (χ1) is 11.0. The zero-order chi connectivity index (χ0) is 16.3. The van der Waals surface area contributed by atoms with Gasteiger partial charge in [0.05, 0.1) is 11.4 Å². The second-order valence-corrected chi connectivity index (χ2v) is 7.54. The van der Waals surface area contributed by atoms with Gasteiger partial charge in [-0.05, 0) is 29.8 Å². The molecule has 1 N–H and O–H groups in total. The van der Waals surface area contributed by atoms with Crippen molar-refractivity contribution in [3.8, 4) is 0 Å². The van der Waals surface area contributed by atoms with Gasteiger partial charge in [-0.15, -0.1) is 0 Å². The molecule has 3 rings (SSSR count). The molecule has 0 bridgehead atoms. The Bertz CT molecular complexity index is 891. The normalized spacial score (nSPS) is 11.3. The highest BCUT2D eigenvalue weighted by Crippen LogP contribution is 2.15. The van der Waals surface area contributed by atoms with Crippen molar-refractivity contribution in [3.05, 3.63) is 76.9 Å². The zero-order valence-corrected chi connectivity index (χ0v) is 14.5. The second kappa shape index (κ2) is 6.55. The van der Waals surface area contributed by atoms with Crippen molar-refractivity contribution in [1.29, 1.82) is 0 Å². The van der Waals surface area contributed by atoms with Crippen LogP contribution in [0.5, 0.6) is 0 Å². The average Bonchev–Trinajstić information content (AvgIpc) is 2.97. The van der Waals surface area contributed by atoms with E-state index in [2.05, 4.69) is 25.8 Å². The highest BCUT2D eigenvalue weighted by molar-refractivity contribution is 9.10. The first-order valence-electron chi connectivity index (χ1n) is 6.89. The van der Waals surface area contributed by atoms with E-state index in [1.807, 2.05) is 24.3 Å². The molecular formula is C16H14BrN3O2S. The monoisotopic (exact) mass is 391 g/mol. The molecular weight excluding hydrogens is 378 g/mol. The number of rotatable bonds is 5. The number of halogens is 1. The largest absolute Gasteiger partial charge is 0.266 e. The Kier molecular flexibility index (Phi) is 4.49. The molecule has 5 nitrogen and oxygen atoms in total. The van der Waals surface area contributed by atoms with Crippen LogP contribution >= 0.6 is 15.9 Å². The summed E-state index contributed by atoms with van der Waals surface area (Å²) >= 11 is 3.39. The second-order valence-electron chi connectivity index (χ2n) is 4.94. The van der Waals surface area contributed by atoms with Gasteiger partial charge >= 0.3 is 0 Å². The molecule has 0 amide bonds. The molecule has 1 heterocycles. The van der Waals surface area contributed by atoms with E-state index in [0.29, 0.717) is 12.4 Å². The van der Waals surface area contributed by atoms with E-state index in [9.17, 15) is 8.42 Å². The fraction of sp³-hybridized carbons (Fsp3) is 0.0625. The summed E-state index contributed by atoms with van der Waals surface area (Å²) in [6.45, 7) is 0.570. The van der Waals surface area contributed by atoms with Crippen LogP contribution in [0.2, 0.25) is 0 Å². The van der Waals surface area contributed by atoms with E-state index in [-0.39, 0.29) is 4.90 Å². The smallest absolute Gasteiger partial charge is 0.263 e. The lowest BCUT2D eigenvalue weighted by atomic mass is 10.2. The molecule has 0 saturated carbocycles. The molecule has 7 heteroatoms. The molecule has 0 aliphatic rings. The summed E-state index contributed by atoms with van der Waals surface area (Å²) in [6.07, 6.45) is 1.74. The lowest BCUT2D eigenvalue weighted by Crippen LogP contribution is -2.13. The summed E-state index contributed by atoms with van der Waals surface area (Å²) in [4.78, 5) is 0.211. The van der Waals surface area contributed by atoms with Crippen LogP contribution in [0.15, 0.2) is 76.2 Å². The van der Waals surface area contributed by atoms with Gasteiger partial charge in [0, 0.05) is 16.7 Å². The fourth-order valence-electron chi connectivity index (χ4n) is 2.08. The molecule has 23 heavy (non-hydrogen) atoms. The predicted octanol–water partition coefficient (Wildman–Crippen LogP) is 3.49. The first-order valence-corrected chi connectivity index (χ1v) is 9.16. The molecule has 0 aliphatic heterocycles. The highest BCUT2D eigenvalue weighted by atomic mass is 79.9. The third-order valence-corrected chi connectivity index (χ3v) is 5.09. The average molecular weight is 392 g/mol. The van der Waals surface area contributed by atoms with Gasteiger partial charge in [0.25, 0.3) is 10.0 Å². The summed E-state index contributed by atoms with van der Waals surface area (Å²) in [5, 5.41) is 4.25. The van der Waals surface area contributed by atoms with Crippen LogP contribution in [0.25, 0.3) is 0 Å². The molecule has 0 saturated heterocycles. The van der Waals surface area contributed by atoms with Gasteiger partial charge in [0.2, 0.25) is 0 Å². The van der Waals surface area contributed by atoms with Crippen molar-refractivity contribution in [3.63, 3.8) is 0 Å². The van der Waals surface area contributed by atoms with Gasteiger partial charge in [0.1, 0.15) is 0 Å². The summed E-state index contributed by atoms with van der Waals surface area (Å²) in [5.74, 6) is 0.297. The predicted molar refractivity (Wildman–Crippen MR) is 92.7 cm³/mol. The van der Waals surface area contributed by atoms with Crippen LogP contribution in [-0.4, -0.2) is 18.2 Å². The molecule has 0 unspecified atom stereocenters. The molecule has 3 aromatic rings. The van der Waals surface area contributed by atoms with Crippen molar-refractivity contribution < 1.29 is 8.42 Å². The Morgan fingerprint density at radius 1 is 1.00 bits per heavy atom. The van der Waals surface area contributed by atoms with Gasteiger partial charge < -0.3 is 0 Å². The number of sulfonamides is 1. The van der Waals surface area contributed by atoms with Gasteiger partial charge in [-0.3, -0.25) is 9.40 Å². The number of benzene rings is 2. The molecule has 0 aliphatic carbocycles. The minimum absolute atomic E-state index is 0.211. The molecule has 0 radical (unpaired) electrons. The van der Waals surface area contributed by atoms with E-state index < -0.39 is 10.0 Å². The van der Waals surface area contributed by atoms with E-state index in [0.717, 1.165) is 10.0 Å². The first kappa shape index (κ1) is 15.8. The SMILES string of the molecule is O=S(=O)(Nc1ccn(Cc2ccc(Br)cc2)n1)c1ccccc1. The Morgan fingerprint density at radius 3 is 2.39 bits per heavy atom. The minimum Gasteiger partial charge on any atom is -0.266 e. The van der Waals surface area contributed by atoms with Gasteiger partial charge in [-0.25, -0.2) is 8.42 Å². The Morgan fingerprint density at radius 2 is 1.70 bits per heavy atom. The summed E-state index contributed by atoms with van der Waals surface area (Å²) < 4.78 is 29.7. The number of aromatic nitrogens is 2. The van der Waals surface area contributed by atoms with Crippen molar-refractivity contribution in [2.24, 2.45) is 0 Å². The van der Waals surface area contributed by atoms with Crippen LogP contribution in [0.1, 0.15) is 5.56 Å². The standard InChI is InChI=1S/C16H14BrN3O2S/c17-14-8-6-13(7-9-14)12-20-11-10-16(18-20)19-23(21,22)15-4-2-1-3-5-15/h1-11H,12H2,(H,18,19). The molecule has 0 spiro atoms. The van der Waals surface area contributed by atoms with E-state index >= 15 is 0 Å². The number of nitrogens with zero attached hydrogens (tertiary/aromatic N) is 2. The summed E-state index contributed by atoms with van der Waals surface area (Å²) in [5.41, 5.74) is 1.08. The maximum absolute atomic E-state index is 12.2. The summed E-state index contributed by atoms with van der Waals surface area (Å²) in [7, 11) is -3.61. The number of hydrogen-bond donors (Lipinski definition) is 1. The Hall–Kier alpha value is -2.12. The van der Waals surface area contributed by atoms with Gasteiger partial charge in [0.15, 0.2) is 5.82 Å². The number of nitrogens with one attached hydrogen (secondary N) is 1. The van der Waals surface area contributed by atoms with E-state index in [1.54, 1.807) is 47.3 Å². The maximum atomic E-state index is 12.2. The molecule has 2 aromatic carbocycles. The summed E-state index contributed by atoms with van der Waals surface area (Å²) in [6, 6.07) is 17.7. The zero-order valence-electron chi connectivity index (χ0n) is 12.1. The highest BCUT2D eigenvalue weighted by Gasteiger charge is 2.14. The Balaban J connectivity index is 1.73. The Labute approximate surface area is 143 Å². The third-order valence-electron chi connectivity index (χ3n) is 3.19. The lowest BCUT2D eigenvalue weighted by molar-refractivity contribution is 0.600. The maximum Gasteiger partial charge on any atom is 0.263 e. The minimum atomic E-state index is -3.61. The van der Waals surface area contributed by atoms with Crippen molar-refractivity contribution in [1.82, 2.24) is 9.78 Å². The molecule has 0 fully saturated rings. The van der Waals surface area contributed by atoms with E-state index in [4.69, 9.17) is 0 Å². The van der Waals surface area contributed by atoms with Gasteiger partial charge in [-0.2, -0.15) is 5.10 Å². The quantitative estimate of drug-likeness (QED) is 0.723. The van der Waals surface area contributed by atoms with E-state index in [1.165, 1.54) is 0 Å². The molecule has 1 aromatic heterocycles. The topological polar surface area (TPSA) is 64.0 Å². The fourth-order valence-corrected chi connectivity index (χ4v) is 3.36. The van der Waals surface area contributed by atoms with Crippen molar-refractivity contribution in [2.75, 3.05) is 4.72 Å². The van der Waals surface area contributed by atoms with Gasteiger partial charge in [-0.1, -0.05) is 46.3 Å². The molecule has 118 valence electrons. The van der Waals surface area contributed by atoms with Crippen LogP contribution in [0.3, 0.4) is 0 Å². The van der Waals surface area contributed by atoms with Crippen LogP contribution < -0.4 is 4.72 Å². The third kappa shape index (κ3) is 4.00. The molecule has 0 atom stereocenters. The lowest BCUT2D eigenvalue weighted by Gasteiger charge is -2.05.